The van der Waals surface area contributed by atoms with Crippen molar-refractivity contribution in [3.05, 3.63) is 33.5 Å². The summed E-state index contributed by atoms with van der Waals surface area (Å²) in [6, 6.07) is 1.92. The second-order valence-electron chi connectivity index (χ2n) is 4.04. The van der Waals surface area contributed by atoms with Crippen LogP contribution in [0.5, 0.6) is 0 Å². The van der Waals surface area contributed by atoms with E-state index in [-0.39, 0.29) is 5.91 Å². The zero-order chi connectivity index (χ0) is 13.1. The Morgan fingerprint density at radius 2 is 2.28 bits per heavy atom. The topological polar surface area (TPSA) is 59.8 Å². The van der Waals surface area contributed by atoms with Crippen molar-refractivity contribution < 1.29 is 4.79 Å². The minimum Gasteiger partial charge on any atom is -0.345 e. The van der Waals surface area contributed by atoms with E-state index in [0.29, 0.717) is 6.54 Å². The van der Waals surface area contributed by atoms with Crippen LogP contribution >= 0.6 is 11.3 Å². The molecule has 0 unspecified atom stereocenters. The number of rotatable bonds is 4. The predicted molar refractivity (Wildman–Crippen MR) is 70.7 cm³/mol. The second kappa shape index (κ2) is 5.30. The van der Waals surface area contributed by atoms with Crippen LogP contribution in [0.3, 0.4) is 0 Å². The lowest BCUT2D eigenvalue weighted by Gasteiger charge is -2.05. The average molecular weight is 264 g/mol. The maximum Gasteiger partial charge on any atom is 0.252 e. The molecular weight excluding hydrogens is 248 g/mol. The average Bonchev–Trinajstić information content (AvgIpc) is 2.92. The van der Waals surface area contributed by atoms with Gasteiger partial charge in [-0.2, -0.15) is 0 Å². The monoisotopic (exact) mass is 264 g/mol. The highest BCUT2D eigenvalue weighted by molar-refractivity contribution is 7.12. The van der Waals surface area contributed by atoms with Gasteiger partial charge in [-0.05, 0) is 26.8 Å². The summed E-state index contributed by atoms with van der Waals surface area (Å²) in [6.45, 7) is 7.18. The molecule has 1 amide bonds. The summed E-state index contributed by atoms with van der Waals surface area (Å²) < 4.78 is 1.91. The van der Waals surface area contributed by atoms with Crippen LogP contribution in [0.4, 0.5) is 0 Å². The van der Waals surface area contributed by atoms with E-state index in [1.807, 2.05) is 31.4 Å². The van der Waals surface area contributed by atoms with Crippen LogP contribution in [-0.4, -0.2) is 20.7 Å². The van der Waals surface area contributed by atoms with Gasteiger partial charge in [0.05, 0.1) is 12.1 Å². The standard InChI is InChI=1S/C12H16N4OS/c1-4-16-7-14-15-11(16)6-13-12(17)10-5-8(2)18-9(10)3/h5,7H,4,6H2,1-3H3,(H,13,17). The number of nitrogens with zero attached hydrogens (tertiary/aromatic N) is 3. The van der Waals surface area contributed by atoms with Gasteiger partial charge in [-0.15, -0.1) is 21.5 Å². The van der Waals surface area contributed by atoms with Gasteiger partial charge in [0.25, 0.3) is 5.91 Å². The van der Waals surface area contributed by atoms with Crippen molar-refractivity contribution in [2.24, 2.45) is 0 Å². The fourth-order valence-electron chi connectivity index (χ4n) is 1.79. The summed E-state index contributed by atoms with van der Waals surface area (Å²) in [5.41, 5.74) is 0.750. The molecule has 96 valence electrons. The molecule has 0 aliphatic carbocycles. The molecule has 0 fully saturated rings. The summed E-state index contributed by atoms with van der Waals surface area (Å²) in [7, 11) is 0. The molecule has 0 aliphatic heterocycles. The molecule has 2 aromatic heterocycles. The van der Waals surface area contributed by atoms with Gasteiger partial charge in [0.15, 0.2) is 5.82 Å². The molecule has 0 spiro atoms. The smallest absolute Gasteiger partial charge is 0.252 e. The van der Waals surface area contributed by atoms with Crippen molar-refractivity contribution in [1.82, 2.24) is 20.1 Å². The number of aryl methyl sites for hydroxylation is 3. The van der Waals surface area contributed by atoms with E-state index in [4.69, 9.17) is 0 Å². The summed E-state index contributed by atoms with van der Waals surface area (Å²) in [5.74, 6) is 0.720. The van der Waals surface area contributed by atoms with Crippen molar-refractivity contribution in [2.45, 2.75) is 33.9 Å². The predicted octanol–water partition coefficient (Wildman–Crippen LogP) is 1.91. The number of thiophene rings is 1. The van der Waals surface area contributed by atoms with Crippen LogP contribution in [0.1, 0.15) is 32.9 Å². The molecule has 2 rings (SSSR count). The number of hydrogen-bond donors (Lipinski definition) is 1. The van der Waals surface area contributed by atoms with Crippen LogP contribution < -0.4 is 5.32 Å². The summed E-state index contributed by atoms with van der Waals surface area (Å²) >= 11 is 1.63. The Hall–Kier alpha value is -1.69. The Kier molecular flexibility index (Phi) is 3.76. The van der Waals surface area contributed by atoms with E-state index >= 15 is 0 Å². The maximum atomic E-state index is 12.0. The van der Waals surface area contributed by atoms with Crippen molar-refractivity contribution in [2.75, 3.05) is 0 Å². The summed E-state index contributed by atoms with van der Waals surface area (Å²) in [6.07, 6.45) is 1.67. The Morgan fingerprint density at radius 1 is 1.50 bits per heavy atom. The Labute approximate surface area is 110 Å². The van der Waals surface area contributed by atoms with Gasteiger partial charge >= 0.3 is 0 Å². The van der Waals surface area contributed by atoms with Gasteiger partial charge in [-0.25, -0.2) is 0 Å². The van der Waals surface area contributed by atoms with Crippen molar-refractivity contribution in [3.63, 3.8) is 0 Å². The molecule has 2 aromatic rings. The number of aromatic nitrogens is 3. The molecule has 5 nitrogen and oxygen atoms in total. The van der Waals surface area contributed by atoms with E-state index in [0.717, 1.165) is 27.7 Å². The molecule has 1 N–H and O–H groups in total. The van der Waals surface area contributed by atoms with Gasteiger partial charge in [0.2, 0.25) is 0 Å². The third-order valence-electron chi connectivity index (χ3n) is 2.73. The van der Waals surface area contributed by atoms with Gasteiger partial charge in [-0.1, -0.05) is 0 Å². The Balaban J connectivity index is 2.03. The Morgan fingerprint density at radius 3 is 2.89 bits per heavy atom. The fraction of sp³-hybridized carbons (Fsp3) is 0.417. The minimum absolute atomic E-state index is 0.0532. The van der Waals surface area contributed by atoms with Crippen molar-refractivity contribution in [3.8, 4) is 0 Å². The van der Waals surface area contributed by atoms with E-state index in [1.54, 1.807) is 17.7 Å². The summed E-state index contributed by atoms with van der Waals surface area (Å²) in [4.78, 5) is 14.2. The van der Waals surface area contributed by atoms with E-state index in [2.05, 4.69) is 15.5 Å². The van der Waals surface area contributed by atoms with Crippen LogP contribution in [0.15, 0.2) is 12.4 Å². The van der Waals surface area contributed by atoms with Gasteiger partial charge in [-0.3, -0.25) is 4.79 Å². The molecule has 0 radical (unpaired) electrons. The molecule has 0 saturated carbocycles. The number of hydrogen-bond acceptors (Lipinski definition) is 4. The number of amides is 1. The minimum atomic E-state index is -0.0532. The zero-order valence-electron chi connectivity index (χ0n) is 10.7. The first-order chi connectivity index (χ1) is 8.61. The van der Waals surface area contributed by atoms with Crippen LogP contribution in [0.25, 0.3) is 0 Å². The van der Waals surface area contributed by atoms with E-state index < -0.39 is 0 Å². The number of nitrogens with one attached hydrogen (secondary N) is 1. The highest BCUT2D eigenvalue weighted by atomic mass is 32.1. The molecule has 0 saturated heterocycles. The third kappa shape index (κ3) is 2.59. The largest absolute Gasteiger partial charge is 0.345 e. The molecule has 2 heterocycles. The zero-order valence-corrected chi connectivity index (χ0v) is 11.5. The van der Waals surface area contributed by atoms with Crippen LogP contribution in [-0.2, 0) is 13.1 Å². The first-order valence-corrected chi connectivity index (χ1v) is 6.65. The van der Waals surface area contributed by atoms with Crippen LogP contribution in [0, 0.1) is 13.8 Å². The molecule has 0 aromatic carbocycles. The third-order valence-corrected chi connectivity index (χ3v) is 3.70. The highest BCUT2D eigenvalue weighted by Gasteiger charge is 2.12. The van der Waals surface area contributed by atoms with Gasteiger partial charge < -0.3 is 9.88 Å². The highest BCUT2D eigenvalue weighted by Crippen LogP contribution is 2.20. The molecule has 0 atom stereocenters. The number of carbonyl (C=O) groups is 1. The van der Waals surface area contributed by atoms with Crippen LogP contribution in [0.2, 0.25) is 0 Å². The lowest BCUT2D eigenvalue weighted by Crippen LogP contribution is -2.24. The van der Waals surface area contributed by atoms with Gasteiger partial charge in [0, 0.05) is 16.3 Å². The molecular formula is C12H16N4OS. The van der Waals surface area contributed by atoms with Crippen molar-refractivity contribution in [1.29, 1.82) is 0 Å². The SMILES string of the molecule is CCn1cnnc1CNC(=O)c1cc(C)sc1C. The Bertz CT molecular complexity index is 558. The van der Waals surface area contributed by atoms with E-state index in [9.17, 15) is 4.79 Å². The van der Waals surface area contributed by atoms with E-state index in [1.165, 1.54) is 0 Å². The van der Waals surface area contributed by atoms with Gasteiger partial charge in [0.1, 0.15) is 6.33 Å². The maximum absolute atomic E-state index is 12.0. The second-order valence-corrected chi connectivity index (χ2v) is 5.50. The number of carbonyl (C=O) groups excluding carboxylic acids is 1. The first kappa shape index (κ1) is 12.8. The first-order valence-electron chi connectivity index (χ1n) is 5.83. The lowest BCUT2D eigenvalue weighted by atomic mass is 10.2. The fourth-order valence-corrected chi connectivity index (χ4v) is 2.71. The van der Waals surface area contributed by atoms with Crippen molar-refractivity contribution >= 4 is 17.2 Å². The molecule has 0 aliphatic rings. The molecule has 18 heavy (non-hydrogen) atoms. The quantitative estimate of drug-likeness (QED) is 0.917. The molecule has 0 bridgehead atoms. The normalized spacial score (nSPS) is 10.6. The molecule has 6 heteroatoms. The summed E-state index contributed by atoms with van der Waals surface area (Å²) in [5, 5.41) is 10.7. The lowest BCUT2D eigenvalue weighted by molar-refractivity contribution is 0.0949.